The van der Waals surface area contributed by atoms with Crippen molar-refractivity contribution < 1.29 is 32.9 Å². The quantitative estimate of drug-likeness (QED) is 0.174. The zero-order valence-electron chi connectivity index (χ0n) is 49.5. The number of benzene rings is 8. The van der Waals surface area contributed by atoms with E-state index in [9.17, 15) is 8.22 Å². The normalized spacial score (nSPS) is 18.3. The zero-order valence-corrected chi connectivity index (χ0v) is 25.5. The molecule has 0 amide bonds. The van der Waals surface area contributed by atoms with Crippen LogP contribution in [0.1, 0.15) is 32.9 Å². The highest BCUT2D eigenvalue weighted by atomic mass is 15.0. The van der Waals surface area contributed by atoms with E-state index >= 15 is 0 Å². The molecule has 50 heavy (non-hydrogen) atoms. The van der Waals surface area contributed by atoms with Crippen molar-refractivity contribution in [2.24, 2.45) is 0 Å². The highest BCUT2D eigenvalue weighted by Crippen LogP contribution is 2.38. The summed E-state index contributed by atoms with van der Waals surface area (Å²) in [6.45, 7) is 0. The van der Waals surface area contributed by atoms with E-state index < -0.39 is 156 Å². The molecule has 2 heterocycles. The number of fused-ring (bicyclic) bond motifs is 6. The lowest BCUT2D eigenvalue weighted by atomic mass is 10.0. The van der Waals surface area contributed by atoms with Crippen molar-refractivity contribution in [1.29, 1.82) is 0 Å². The average Bonchev–Trinajstić information content (AvgIpc) is 3.94. The SMILES string of the molecule is [2H]c1c([2H])c([2H])c(-c2ccc(-n3c4c([2H])c([2H])c([2H])c([2H])c4c4c([2H])c(-c5c([2H])c([2H])c6c(c5[2H])c5c([2H])c([2H])c([2H])c([2H])c5n6-c5ccc(-c6c([2H])c([2H])c([2H])c([2H])c6[2H])cc5)c([2H])c([2H])c43)cc2)c([2H])c1[2H]. The van der Waals surface area contributed by atoms with Gasteiger partial charge in [0.25, 0.3) is 0 Å². The van der Waals surface area contributed by atoms with E-state index in [-0.39, 0.29) is 77.2 Å². The van der Waals surface area contributed by atoms with Gasteiger partial charge in [0.05, 0.1) is 55.0 Å². The van der Waals surface area contributed by atoms with E-state index in [2.05, 4.69) is 0 Å². The van der Waals surface area contributed by atoms with Crippen molar-refractivity contribution in [3.63, 3.8) is 0 Å². The van der Waals surface area contributed by atoms with Gasteiger partial charge in [-0.25, -0.2) is 0 Å². The summed E-state index contributed by atoms with van der Waals surface area (Å²) in [6, 6.07) is -3.94. The van der Waals surface area contributed by atoms with Crippen LogP contribution in [0.25, 0.3) is 88.4 Å². The van der Waals surface area contributed by atoms with Gasteiger partial charge < -0.3 is 9.13 Å². The highest BCUT2D eigenvalue weighted by molar-refractivity contribution is 6.12. The Morgan fingerprint density at radius 1 is 0.280 bits per heavy atom. The van der Waals surface area contributed by atoms with Gasteiger partial charge >= 0.3 is 0 Å². The lowest BCUT2D eigenvalue weighted by Crippen LogP contribution is -1.94. The van der Waals surface area contributed by atoms with Crippen LogP contribution < -0.4 is 0 Å². The second kappa shape index (κ2) is 11.5. The molecule has 10 rings (SSSR count). The molecule has 234 valence electrons. The predicted octanol–water partition coefficient (Wildman–Crippen LogP) is 12.9. The van der Waals surface area contributed by atoms with Crippen LogP contribution in [-0.2, 0) is 0 Å². The Bertz CT molecular complexity index is 3890. The molecule has 0 aliphatic heterocycles. The van der Waals surface area contributed by atoms with Crippen molar-refractivity contribution in [1.82, 2.24) is 9.13 Å². The maximum atomic E-state index is 9.81. The van der Waals surface area contributed by atoms with Gasteiger partial charge in [-0.3, -0.25) is 0 Å². The fourth-order valence-electron chi connectivity index (χ4n) is 6.14. The first-order valence-electron chi connectivity index (χ1n) is 27.2. The first kappa shape index (κ1) is 13.3. The first-order valence-corrected chi connectivity index (χ1v) is 15.2. The zero-order chi connectivity index (χ0) is 53.9. The molecule has 0 aliphatic carbocycles. The Morgan fingerprint density at radius 2 is 0.640 bits per heavy atom. The molecule has 0 unspecified atom stereocenters. The van der Waals surface area contributed by atoms with E-state index in [1.807, 2.05) is 0 Å². The number of rotatable bonds is 5. The highest BCUT2D eigenvalue weighted by Gasteiger charge is 2.16. The minimum Gasteiger partial charge on any atom is -0.309 e. The molecule has 2 nitrogen and oxygen atoms in total. The van der Waals surface area contributed by atoms with E-state index in [1.54, 1.807) is 0 Å². The molecule has 0 saturated carbocycles. The summed E-state index contributed by atoms with van der Waals surface area (Å²) in [7, 11) is 0. The summed E-state index contributed by atoms with van der Waals surface area (Å²) in [5.74, 6) is 0. The monoisotopic (exact) mass is 660 g/mol. The maximum Gasteiger partial charge on any atom is 0.0645 e. The fraction of sp³-hybridized carbons (Fsp3) is 0. The lowest BCUT2D eigenvalue weighted by Gasteiger charge is -2.11. The van der Waals surface area contributed by atoms with E-state index in [1.165, 1.54) is 57.7 Å². The molecule has 0 radical (unpaired) electrons. The van der Waals surface area contributed by atoms with Gasteiger partial charge in [-0.15, -0.1) is 0 Å². The van der Waals surface area contributed by atoms with Gasteiger partial charge in [-0.1, -0.05) is 133 Å². The van der Waals surface area contributed by atoms with Crippen LogP contribution in [0.3, 0.4) is 0 Å². The summed E-state index contributed by atoms with van der Waals surface area (Å²) >= 11 is 0. The lowest BCUT2D eigenvalue weighted by molar-refractivity contribution is 1.18. The summed E-state index contributed by atoms with van der Waals surface area (Å²) in [4.78, 5) is 0. The minimum absolute atomic E-state index is 0.103. The summed E-state index contributed by atoms with van der Waals surface area (Å²) in [6.07, 6.45) is 0. The molecule has 2 heteroatoms. The molecule has 0 bridgehead atoms. The molecule has 10 aromatic rings. The van der Waals surface area contributed by atoms with Gasteiger partial charge in [-0.2, -0.15) is 0 Å². The van der Waals surface area contributed by atoms with Gasteiger partial charge in [-0.05, 0) is 93.9 Å². The van der Waals surface area contributed by atoms with E-state index in [4.69, 9.17) is 24.7 Å². The Labute approximate surface area is 324 Å². The minimum atomic E-state index is -0.785. The smallest absolute Gasteiger partial charge is 0.0645 e. The maximum absolute atomic E-state index is 9.81. The third kappa shape index (κ3) is 4.57. The summed E-state index contributed by atoms with van der Waals surface area (Å²) in [5.41, 5.74) is -1.91. The molecule has 2 aromatic heterocycles. The number of hydrogen-bond donors (Lipinski definition) is 0. The van der Waals surface area contributed by atoms with Crippen LogP contribution in [0.15, 0.2) is 194 Å². The average molecular weight is 661 g/mol. The van der Waals surface area contributed by atoms with E-state index in [0.717, 1.165) is 0 Å². The Kier molecular flexibility index (Phi) is 3.07. The fourth-order valence-corrected chi connectivity index (χ4v) is 6.14. The van der Waals surface area contributed by atoms with Crippen LogP contribution in [-0.4, -0.2) is 9.13 Å². The third-order valence-electron chi connectivity index (χ3n) is 8.39. The van der Waals surface area contributed by atoms with Gasteiger partial charge in [0.15, 0.2) is 0 Å². The largest absolute Gasteiger partial charge is 0.309 e. The second-order valence-electron chi connectivity index (χ2n) is 11.2. The van der Waals surface area contributed by atoms with Crippen molar-refractivity contribution >= 4 is 43.6 Å². The van der Waals surface area contributed by atoms with Crippen LogP contribution >= 0.6 is 0 Å². The van der Waals surface area contributed by atoms with Crippen LogP contribution in [0.5, 0.6) is 0 Å². The van der Waals surface area contributed by atoms with Gasteiger partial charge in [0, 0.05) is 32.9 Å². The molecule has 0 spiro atoms. The standard InChI is InChI=1S/C48H32N2/c1-3-11-33(12-4-1)35-19-25-39(26-20-35)49-45-17-9-7-15-41(45)43-31-37(23-29-47(43)49)38-24-30-48-44(32-38)42-16-8-10-18-46(42)50(48)40-27-21-36(22-28-40)34-13-5-2-6-14-34/h1-32H/i1D,2D,3D,4D,5D,6D,7D,8D,9D,10D,11D,12D,13D,14D,15D,16D,17D,18D,23D,24D,29D,30D,31D,32D. The second-order valence-corrected chi connectivity index (χ2v) is 11.2. The molecule has 0 fully saturated rings. The summed E-state index contributed by atoms with van der Waals surface area (Å²) in [5, 5.41) is -1.20. The van der Waals surface area contributed by atoms with Crippen molar-refractivity contribution in [3.05, 3.63) is 194 Å². The number of aromatic nitrogens is 2. The molecule has 0 aliphatic rings. The third-order valence-corrected chi connectivity index (χ3v) is 8.39. The van der Waals surface area contributed by atoms with Crippen molar-refractivity contribution in [2.45, 2.75) is 0 Å². The number of nitrogens with zero attached hydrogens (tertiary/aromatic N) is 2. The topological polar surface area (TPSA) is 9.86 Å². The Morgan fingerprint density at radius 3 is 1.06 bits per heavy atom. The Balaban J connectivity index is 1.27. The van der Waals surface area contributed by atoms with Crippen molar-refractivity contribution in [3.8, 4) is 44.8 Å². The van der Waals surface area contributed by atoms with Crippen LogP contribution in [0, 0.1) is 0 Å². The van der Waals surface area contributed by atoms with Crippen LogP contribution in [0.4, 0.5) is 0 Å². The molecular weight excluding hydrogens is 605 g/mol. The number of hydrogen-bond acceptors (Lipinski definition) is 0. The summed E-state index contributed by atoms with van der Waals surface area (Å²) < 4.78 is 214. The molecule has 0 N–H and O–H groups in total. The number of para-hydroxylation sites is 2. The molecular formula is C48H32N2. The van der Waals surface area contributed by atoms with E-state index in [0.29, 0.717) is 0 Å². The van der Waals surface area contributed by atoms with Crippen LogP contribution in [0.2, 0.25) is 0 Å². The molecule has 0 saturated heterocycles. The Hall–Kier alpha value is -6.64. The van der Waals surface area contributed by atoms with Crippen molar-refractivity contribution in [2.75, 3.05) is 0 Å². The molecule has 8 aromatic carbocycles. The van der Waals surface area contributed by atoms with Gasteiger partial charge in [0.2, 0.25) is 0 Å². The first-order chi connectivity index (χ1) is 34.8. The molecule has 0 atom stereocenters. The predicted molar refractivity (Wildman–Crippen MR) is 211 cm³/mol. The van der Waals surface area contributed by atoms with Gasteiger partial charge in [0.1, 0.15) is 0 Å².